The number of methoxy groups -OCH3 is 1. The van der Waals surface area contributed by atoms with Crippen molar-refractivity contribution in [2.75, 3.05) is 7.11 Å². The van der Waals surface area contributed by atoms with Crippen LogP contribution in [-0.4, -0.2) is 24.4 Å². The number of hydrogen-bond donors (Lipinski definition) is 1. The van der Waals surface area contributed by atoms with Gasteiger partial charge in [-0.3, -0.25) is 0 Å². The largest absolute Gasteiger partial charge is 0.390 e. The SMILES string of the molecule is CCCCC(C)C(C)C(OC)C(O)CC. The molecule has 4 unspecified atom stereocenters. The van der Waals surface area contributed by atoms with Crippen molar-refractivity contribution in [3.8, 4) is 0 Å². The van der Waals surface area contributed by atoms with Crippen LogP contribution in [0, 0.1) is 11.8 Å². The molecule has 0 aromatic heterocycles. The van der Waals surface area contributed by atoms with E-state index in [9.17, 15) is 5.11 Å². The van der Waals surface area contributed by atoms with Crippen molar-refractivity contribution in [2.24, 2.45) is 11.8 Å². The number of unbranched alkanes of at least 4 members (excludes halogenated alkanes) is 1. The van der Waals surface area contributed by atoms with E-state index in [0.29, 0.717) is 11.8 Å². The molecular weight excluding hydrogens is 188 g/mol. The van der Waals surface area contributed by atoms with Gasteiger partial charge in [-0.2, -0.15) is 0 Å². The smallest absolute Gasteiger partial charge is 0.0857 e. The maximum Gasteiger partial charge on any atom is 0.0857 e. The van der Waals surface area contributed by atoms with Gasteiger partial charge in [-0.05, 0) is 18.3 Å². The van der Waals surface area contributed by atoms with Gasteiger partial charge in [-0.15, -0.1) is 0 Å². The Morgan fingerprint density at radius 3 is 2.20 bits per heavy atom. The predicted molar refractivity (Wildman–Crippen MR) is 64.9 cm³/mol. The van der Waals surface area contributed by atoms with E-state index >= 15 is 0 Å². The zero-order chi connectivity index (χ0) is 11.8. The quantitative estimate of drug-likeness (QED) is 0.675. The Morgan fingerprint density at radius 1 is 1.20 bits per heavy atom. The first-order chi connectivity index (χ1) is 7.08. The summed E-state index contributed by atoms with van der Waals surface area (Å²) in [5, 5.41) is 9.84. The number of ether oxygens (including phenoxy) is 1. The van der Waals surface area contributed by atoms with E-state index in [-0.39, 0.29) is 12.2 Å². The predicted octanol–water partition coefficient (Wildman–Crippen LogP) is 3.23. The van der Waals surface area contributed by atoms with Crippen molar-refractivity contribution in [1.29, 1.82) is 0 Å². The van der Waals surface area contributed by atoms with Crippen LogP contribution < -0.4 is 0 Å². The lowest BCUT2D eigenvalue weighted by Gasteiger charge is -2.31. The third-order valence-electron chi connectivity index (χ3n) is 3.50. The van der Waals surface area contributed by atoms with Crippen LogP contribution in [0.2, 0.25) is 0 Å². The van der Waals surface area contributed by atoms with Gasteiger partial charge >= 0.3 is 0 Å². The second kappa shape index (κ2) is 8.12. The summed E-state index contributed by atoms with van der Waals surface area (Å²) < 4.78 is 5.42. The lowest BCUT2D eigenvalue weighted by atomic mass is 9.84. The molecule has 0 aliphatic heterocycles. The van der Waals surface area contributed by atoms with Gasteiger partial charge in [0.05, 0.1) is 12.2 Å². The van der Waals surface area contributed by atoms with Crippen LogP contribution in [0.5, 0.6) is 0 Å². The zero-order valence-corrected chi connectivity index (χ0v) is 11.0. The first kappa shape index (κ1) is 14.9. The van der Waals surface area contributed by atoms with Crippen molar-refractivity contribution < 1.29 is 9.84 Å². The fourth-order valence-electron chi connectivity index (χ4n) is 2.07. The summed E-state index contributed by atoms with van der Waals surface area (Å²) in [5.74, 6) is 1.05. The molecule has 2 nitrogen and oxygen atoms in total. The van der Waals surface area contributed by atoms with Gasteiger partial charge in [-0.1, -0.05) is 47.0 Å². The van der Waals surface area contributed by atoms with Gasteiger partial charge in [0.2, 0.25) is 0 Å². The molecule has 0 spiro atoms. The molecule has 0 saturated carbocycles. The van der Waals surface area contributed by atoms with Crippen LogP contribution in [0.4, 0.5) is 0 Å². The Balaban J connectivity index is 4.17. The normalized spacial score (nSPS) is 19.6. The van der Waals surface area contributed by atoms with E-state index in [1.54, 1.807) is 7.11 Å². The van der Waals surface area contributed by atoms with E-state index in [1.165, 1.54) is 19.3 Å². The van der Waals surface area contributed by atoms with E-state index in [0.717, 1.165) is 6.42 Å². The average Bonchev–Trinajstić information content (AvgIpc) is 2.26. The van der Waals surface area contributed by atoms with Gasteiger partial charge in [0.1, 0.15) is 0 Å². The molecule has 0 aromatic rings. The van der Waals surface area contributed by atoms with Crippen molar-refractivity contribution in [3.63, 3.8) is 0 Å². The highest BCUT2D eigenvalue weighted by Gasteiger charge is 2.27. The molecule has 15 heavy (non-hydrogen) atoms. The lowest BCUT2D eigenvalue weighted by molar-refractivity contribution is -0.0557. The Hall–Kier alpha value is -0.0800. The van der Waals surface area contributed by atoms with Gasteiger partial charge in [0, 0.05) is 7.11 Å². The third kappa shape index (κ3) is 4.98. The monoisotopic (exact) mass is 216 g/mol. The summed E-state index contributed by atoms with van der Waals surface area (Å²) in [7, 11) is 1.70. The second-order valence-corrected chi connectivity index (χ2v) is 4.65. The summed E-state index contributed by atoms with van der Waals surface area (Å²) in [6, 6.07) is 0. The molecule has 0 fully saturated rings. The molecule has 1 N–H and O–H groups in total. The average molecular weight is 216 g/mol. The minimum absolute atomic E-state index is 0.0122. The summed E-state index contributed by atoms with van der Waals surface area (Å²) >= 11 is 0. The molecular formula is C13H28O2. The van der Waals surface area contributed by atoms with E-state index in [1.807, 2.05) is 6.92 Å². The van der Waals surface area contributed by atoms with Crippen molar-refractivity contribution >= 4 is 0 Å². The Morgan fingerprint density at radius 2 is 1.80 bits per heavy atom. The van der Waals surface area contributed by atoms with Gasteiger partial charge < -0.3 is 9.84 Å². The minimum atomic E-state index is -0.325. The molecule has 0 bridgehead atoms. The molecule has 0 rings (SSSR count). The van der Waals surface area contributed by atoms with E-state index in [4.69, 9.17) is 4.74 Å². The molecule has 0 heterocycles. The first-order valence-corrected chi connectivity index (χ1v) is 6.29. The fraction of sp³-hybridized carbons (Fsp3) is 1.00. The molecule has 0 aliphatic carbocycles. The van der Waals surface area contributed by atoms with Gasteiger partial charge in [0.15, 0.2) is 0 Å². The molecule has 2 heteroatoms. The van der Waals surface area contributed by atoms with Crippen molar-refractivity contribution in [1.82, 2.24) is 0 Å². The fourth-order valence-corrected chi connectivity index (χ4v) is 2.07. The van der Waals surface area contributed by atoms with Crippen LogP contribution in [0.3, 0.4) is 0 Å². The Labute approximate surface area is 95.0 Å². The van der Waals surface area contributed by atoms with Crippen molar-refractivity contribution in [2.45, 2.75) is 65.6 Å². The van der Waals surface area contributed by atoms with Crippen LogP contribution in [0.25, 0.3) is 0 Å². The van der Waals surface area contributed by atoms with Crippen LogP contribution in [-0.2, 0) is 4.74 Å². The summed E-state index contributed by atoms with van der Waals surface area (Å²) in [5.41, 5.74) is 0. The van der Waals surface area contributed by atoms with Gasteiger partial charge in [-0.25, -0.2) is 0 Å². The number of hydrogen-bond acceptors (Lipinski definition) is 2. The maximum atomic E-state index is 9.84. The number of rotatable bonds is 8. The van der Waals surface area contributed by atoms with E-state index in [2.05, 4.69) is 20.8 Å². The number of aliphatic hydroxyl groups is 1. The zero-order valence-electron chi connectivity index (χ0n) is 11.0. The highest BCUT2D eigenvalue weighted by molar-refractivity contribution is 4.77. The topological polar surface area (TPSA) is 29.5 Å². The van der Waals surface area contributed by atoms with Crippen LogP contribution >= 0.6 is 0 Å². The molecule has 4 atom stereocenters. The second-order valence-electron chi connectivity index (χ2n) is 4.65. The molecule has 0 aliphatic rings. The molecule has 0 saturated heterocycles. The summed E-state index contributed by atoms with van der Waals surface area (Å²) in [6.07, 6.45) is 4.17. The molecule has 0 radical (unpaired) electrons. The maximum absolute atomic E-state index is 9.84. The summed E-state index contributed by atoms with van der Waals surface area (Å²) in [6.45, 7) is 8.66. The van der Waals surface area contributed by atoms with Crippen molar-refractivity contribution in [3.05, 3.63) is 0 Å². The highest BCUT2D eigenvalue weighted by atomic mass is 16.5. The van der Waals surface area contributed by atoms with Crippen LogP contribution in [0.15, 0.2) is 0 Å². The summed E-state index contributed by atoms with van der Waals surface area (Å²) in [4.78, 5) is 0. The molecule has 0 aromatic carbocycles. The van der Waals surface area contributed by atoms with Crippen LogP contribution in [0.1, 0.15) is 53.4 Å². The standard InChI is InChI=1S/C13H28O2/c1-6-8-9-10(3)11(4)13(15-5)12(14)7-2/h10-14H,6-9H2,1-5H3. The number of aliphatic hydroxyl groups excluding tert-OH is 1. The third-order valence-corrected chi connectivity index (χ3v) is 3.50. The highest BCUT2D eigenvalue weighted by Crippen LogP contribution is 2.25. The Bertz CT molecular complexity index is 147. The van der Waals surface area contributed by atoms with E-state index < -0.39 is 0 Å². The lowest BCUT2D eigenvalue weighted by Crippen LogP contribution is -2.36. The van der Waals surface area contributed by atoms with Gasteiger partial charge in [0.25, 0.3) is 0 Å². The first-order valence-electron chi connectivity index (χ1n) is 6.29. The minimum Gasteiger partial charge on any atom is -0.390 e. The Kier molecular flexibility index (Phi) is 8.07. The molecule has 0 amide bonds. The molecule has 92 valence electrons.